The third kappa shape index (κ3) is 8.75. The maximum absolute atomic E-state index is 13.5. The zero-order valence-corrected chi connectivity index (χ0v) is 26.9. The number of rotatable bonds is 15. The molecule has 2 aromatic heterocycles. The van der Waals surface area contributed by atoms with Crippen LogP contribution in [0.1, 0.15) is 74.3 Å². The van der Waals surface area contributed by atoms with E-state index >= 15 is 0 Å². The molecule has 13 heteroatoms. The Morgan fingerprint density at radius 3 is 2.50 bits per heavy atom. The number of fused-ring (bicyclic) bond motifs is 1. The zero-order chi connectivity index (χ0) is 31.7. The second kappa shape index (κ2) is 15.4. The van der Waals surface area contributed by atoms with E-state index in [1.165, 1.54) is 11.3 Å². The van der Waals surface area contributed by atoms with Crippen LogP contribution in [-0.2, 0) is 26.2 Å². The van der Waals surface area contributed by atoms with Gasteiger partial charge >= 0.3 is 0 Å². The number of anilines is 1. The SMILES string of the molecule is CCN(C(=O)Cn1c(C(=O)NC2CCC(C(=O)NCCCCCCS(=O)(=O)N=O)CC2)cc2sccc21)c1cccc(C)c1. The van der Waals surface area contributed by atoms with E-state index < -0.39 is 10.0 Å². The fourth-order valence-electron chi connectivity index (χ4n) is 5.77. The summed E-state index contributed by atoms with van der Waals surface area (Å²) in [7, 11) is -3.84. The maximum Gasteiger partial charge on any atom is 0.288 e. The Kier molecular flexibility index (Phi) is 11.7. The average molecular weight is 644 g/mol. The van der Waals surface area contributed by atoms with Crippen LogP contribution in [0, 0.1) is 17.7 Å². The number of hydrogen-bond acceptors (Lipinski definition) is 7. The van der Waals surface area contributed by atoms with Crippen molar-refractivity contribution in [2.24, 2.45) is 10.5 Å². The quantitative estimate of drug-likeness (QED) is 0.174. The number of likely N-dealkylation sites (N-methyl/N-ethyl adjacent to an activating group) is 1. The molecule has 1 aliphatic carbocycles. The summed E-state index contributed by atoms with van der Waals surface area (Å²) in [5.41, 5.74) is 3.22. The fourth-order valence-corrected chi connectivity index (χ4v) is 7.24. The monoisotopic (exact) mass is 643 g/mol. The molecule has 1 fully saturated rings. The van der Waals surface area contributed by atoms with Crippen molar-refractivity contribution in [3.63, 3.8) is 0 Å². The highest BCUT2D eigenvalue weighted by molar-refractivity contribution is 7.89. The molecule has 4 rings (SSSR count). The summed E-state index contributed by atoms with van der Waals surface area (Å²) in [6.45, 7) is 5.01. The van der Waals surface area contributed by atoms with Gasteiger partial charge in [0.2, 0.25) is 11.8 Å². The van der Waals surface area contributed by atoms with E-state index in [0.717, 1.165) is 34.3 Å². The normalized spacial score (nSPS) is 16.9. The smallest absolute Gasteiger partial charge is 0.288 e. The summed E-state index contributed by atoms with van der Waals surface area (Å²) in [5, 5.41) is 8.07. The largest absolute Gasteiger partial charge is 0.356 e. The first kappa shape index (κ1) is 33.3. The number of aryl methyl sites for hydroxylation is 1. The molecule has 44 heavy (non-hydrogen) atoms. The molecule has 2 N–H and O–H groups in total. The molecule has 3 amide bonds. The predicted molar refractivity (Wildman–Crippen MR) is 173 cm³/mol. The van der Waals surface area contributed by atoms with Crippen LogP contribution in [0.15, 0.2) is 46.4 Å². The topological polar surface area (TPSA) is 147 Å². The Hall–Kier alpha value is -3.58. The molecule has 3 aromatic rings. The summed E-state index contributed by atoms with van der Waals surface area (Å²) in [4.78, 5) is 51.5. The molecule has 0 radical (unpaired) electrons. The molecule has 0 unspecified atom stereocenters. The van der Waals surface area contributed by atoms with E-state index in [1.807, 2.05) is 55.6 Å². The van der Waals surface area contributed by atoms with Crippen LogP contribution in [0.4, 0.5) is 5.69 Å². The standard InChI is InChI=1S/C31H41N5O6S2/c1-3-35(25-10-8-9-22(2)19-25)29(37)21-36-26-15-17-43-28(26)20-27(36)31(39)33-24-13-11-23(12-14-24)30(38)32-16-6-4-5-7-18-44(41,42)34-40/h8-10,15,17,19-20,23-24H,3-7,11-14,16,18,21H2,1-2H3,(H,32,38)(H,33,39). The molecule has 1 aliphatic rings. The number of unbranched alkanes of at least 4 members (excludes halogenated alkanes) is 3. The first-order valence-electron chi connectivity index (χ1n) is 15.2. The van der Waals surface area contributed by atoms with Crippen LogP contribution in [0.25, 0.3) is 10.2 Å². The van der Waals surface area contributed by atoms with Crippen molar-refractivity contribution >= 4 is 55.0 Å². The number of amides is 3. The Bertz CT molecular complexity index is 1570. The van der Waals surface area contributed by atoms with Crippen molar-refractivity contribution in [1.29, 1.82) is 0 Å². The van der Waals surface area contributed by atoms with Gasteiger partial charge in [-0.2, -0.15) is 0 Å². The third-order valence-electron chi connectivity index (χ3n) is 8.15. The number of aromatic nitrogens is 1. The van der Waals surface area contributed by atoms with Gasteiger partial charge in [-0.15, -0.1) is 16.2 Å². The van der Waals surface area contributed by atoms with Crippen LogP contribution in [-0.4, -0.2) is 55.6 Å². The molecule has 238 valence electrons. The molecule has 0 bridgehead atoms. The minimum atomic E-state index is -3.84. The lowest BCUT2D eigenvalue weighted by atomic mass is 9.85. The fraction of sp³-hybridized carbons (Fsp3) is 0.516. The molecule has 2 heterocycles. The van der Waals surface area contributed by atoms with Crippen molar-refractivity contribution in [3.8, 4) is 0 Å². The Labute approximate surface area is 262 Å². The number of nitrogens with one attached hydrogen (secondary N) is 2. The number of nitroso groups, excluding NO2 is 1. The lowest BCUT2D eigenvalue weighted by Gasteiger charge is -2.28. The Morgan fingerprint density at radius 1 is 1.05 bits per heavy atom. The van der Waals surface area contributed by atoms with Gasteiger partial charge in [0.05, 0.1) is 20.6 Å². The molecule has 0 atom stereocenters. The highest BCUT2D eigenvalue weighted by Crippen LogP contribution is 2.28. The molecule has 11 nitrogen and oxygen atoms in total. The maximum atomic E-state index is 13.5. The van der Waals surface area contributed by atoms with E-state index in [9.17, 15) is 27.7 Å². The lowest BCUT2D eigenvalue weighted by molar-refractivity contribution is -0.126. The van der Waals surface area contributed by atoms with Gasteiger partial charge in [-0.1, -0.05) is 25.0 Å². The van der Waals surface area contributed by atoms with Crippen LogP contribution < -0.4 is 15.5 Å². The molecule has 0 spiro atoms. The molecule has 1 saturated carbocycles. The summed E-state index contributed by atoms with van der Waals surface area (Å²) in [6, 6.07) is 11.6. The van der Waals surface area contributed by atoms with Gasteiger partial charge in [0.25, 0.3) is 15.9 Å². The molecule has 0 saturated heterocycles. The summed E-state index contributed by atoms with van der Waals surface area (Å²) in [6.07, 6.45) is 5.22. The number of nitrogens with zero attached hydrogens (tertiary/aromatic N) is 3. The number of thiophene rings is 1. The van der Waals surface area contributed by atoms with Crippen LogP contribution in [0.2, 0.25) is 0 Å². The first-order valence-corrected chi connectivity index (χ1v) is 17.7. The van der Waals surface area contributed by atoms with Gasteiger partial charge in [-0.3, -0.25) is 14.4 Å². The zero-order valence-electron chi connectivity index (χ0n) is 25.3. The summed E-state index contributed by atoms with van der Waals surface area (Å²) < 4.78 is 27.1. The van der Waals surface area contributed by atoms with Crippen molar-refractivity contribution < 1.29 is 22.8 Å². The molecular formula is C31H41N5O6S2. The van der Waals surface area contributed by atoms with Crippen molar-refractivity contribution in [2.45, 2.75) is 77.8 Å². The third-order valence-corrected chi connectivity index (χ3v) is 10.0. The van der Waals surface area contributed by atoms with Gasteiger partial charge in [0, 0.05) is 30.7 Å². The predicted octanol–water partition coefficient (Wildman–Crippen LogP) is 5.13. The van der Waals surface area contributed by atoms with Gasteiger partial charge in [-0.25, -0.2) is 8.42 Å². The highest BCUT2D eigenvalue weighted by atomic mass is 32.2. The average Bonchev–Trinajstić information content (AvgIpc) is 3.60. The second-order valence-electron chi connectivity index (χ2n) is 11.4. The van der Waals surface area contributed by atoms with Crippen LogP contribution in [0.3, 0.4) is 0 Å². The van der Waals surface area contributed by atoms with Gasteiger partial charge in [-0.05, 0) is 87.6 Å². The van der Waals surface area contributed by atoms with Crippen molar-refractivity contribution in [3.05, 3.63) is 57.9 Å². The highest BCUT2D eigenvalue weighted by Gasteiger charge is 2.28. The number of carbonyl (C=O) groups excluding carboxylic acids is 3. The van der Waals surface area contributed by atoms with E-state index in [4.69, 9.17) is 0 Å². The van der Waals surface area contributed by atoms with Crippen LogP contribution in [0.5, 0.6) is 0 Å². The number of sulfonamides is 1. The van der Waals surface area contributed by atoms with E-state index in [0.29, 0.717) is 57.3 Å². The molecule has 1 aromatic carbocycles. The minimum Gasteiger partial charge on any atom is -0.356 e. The van der Waals surface area contributed by atoms with E-state index in [-0.39, 0.29) is 42.0 Å². The Balaban J connectivity index is 1.26. The Morgan fingerprint density at radius 2 is 1.80 bits per heavy atom. The first-order chi connectivity index (χ1) is 21.1. The van der Waals surface area contributed by atoms with Gasteiger partial charge in [0.15, 0.2) is 0 Å². The number of hydrogen-bond donors (Lipinski definition) is 2. The van der Waals surface area contributed by atoms with E-state index in [1.54, 1.807) is 9.47 Å². The van der Waals surface area contributed by atoms with Crippen LogP contribution >= 0.6 is 11.3 Å². The van der Waals surface area contributed by atoms with Crippen molar-refractivity contribution in [2.75, 3.05) is 23.7 Å². The second-order valence-corrected chi connectivity index (χ2v) is 14.0. The lowest BCUT2D eigenvalue weighted by Crippen LogP contribution is -2.42. The number of carbonyl (C=O) groups is 3. The van der Waals surface area contributed by atoms with E-state index in [2.05, 4.69) is 15.2 Å². The van der Waals surface area contributed by atoms with Gasteiger partial charge < -0.3 is 20.1 Å². The number of benzene rings is 1. The van der Waals surface area contributed by atoms with Crippen molar-refractivity contribution in [1.82, 2.24) is 15.2 Å². The summed E-state index contributed by atoms with van der Waals surface area (Å²) >= 11 is 1.53. The van der Waals surface area contributed by atoms with Gasteiger partial charge in [0.1, 0.15) is 12.2 Å². The summed E-state index contributed by atoms with van der Waals surface area (Å²) in [5.74, 6) is -0.657. The molecular weight excluding hydrogens is 603 g/mol. The molecule has 0 aliphatic heterocycles. The minimum absolute atomic E-state index is 0.00391.